The van der Waals surface area contributed by atoms with Crippen molar-refractivity contribution in [3.8, 4) is 11.5 Å². The van der Waals surface area contributed by atoms with E-state index in [0.717, 1.165) is 5.75 Å². The zero-order valence-electron chi connectivity index (χ0n) is 7.98. The number of ether oxygens (including phenoxy) is 1. The van der Waals surface area contributed by atoms with Crippen molar-refractivity contribution in [1.29, 1.82) is 0 Å². The maximum absolute atomic E-state index is 5.97. The van der Waals surface area contributed by atoms with Crippen LogP contribution in [-0.4, -0.2) is 0 Å². The fourth-order valence-electron chi connectivity index (χ4n) is 1.21. The number of benzene rings is 2. The van der Waals surface area contributed by atoms with Crippen LogP contribution in [0.15, 0.2) is 48.5 Å². The Balaban J connectivity index is 2.28. The highest BCUT2D eigenvalue weighted by molar-refractivity contribution is 6.32. The third-order valence-electron chi connectivity index (χ3n) is 1.93. The Kier molecular flexibility index (Phi) is 2.79. The van der Waals surface area contributed by atoms with Gasteiger partial charge in [0.1, 0.15) is 11.5 Å². The summed E-state index contributed by atoms with van der Waals surface area (Å²) in [5.41, 5.74) is 6.27. The Morgan fingerprint density at radius 1 is 1.00 bits per heavy atom. The molecule has 3 heteroatoms. The van der Waals surface area contributed by atoms with Crippen molar-refractivity contribution >= 4 is 17.3 Å². The van der Waals surface area contributed by atoms with Gasteiger partial charge in [-0.25, -0.2) is 0 Å². The number of para-hydroxylation sites is 1. The number of nitrogens with two attached hydrogens (primary N) is 1. The van der Waals surface area contributed by atoms with E-state index in [4.69, 9.17) is 22.1 Å². The van der Waals surface area contributed by atoms with Crippen LogP contribution >= 0.6 is 11.6 Å². The zero-order chi connectivity index (χ0) is 10.7. The Hall–Kier alpha value is -1.67. The first-order valence-electron chi connectivity index (χ1n) is 4.53. The third-order valence-corrected chi connectivity index (χ3v) is 2.24. The number of hydrogen-bond acceptors (Lipinski definition) is 2. The standard InChI is InChI=1S/C12H10ClNO/c13-11-7-6-9(14)8-12(11)15-10-4-2-1-3-5-10/h1-8H,14H2. The molecule has 0 fully saturated rings. The van der Waals surface area contributed by atoms with E-state index >= 15 is 0 Å². The minimum absolute atomic E-state index is 0.549. The molecule has 0 radical (unpaired) electrons. The van der Waals surface area contributed by atoms with Gasteiger partial charge in [0.25, 0.3) is 0 Å². The van der Waals surface area contributed by atoms with Gasteiger partial charge in [-0.05, 0) is 24.3 Å². The molecular weight excluding hydrogens is 210 g/mol. The quantitative estimate of drug-likeness (QED) is 0.782. The molecule has 0 aliphatic heterocycles. The van der Waals surface area contributed by atoms with E-state index in [0.29, 0.717) is 16.5 Å². The van der Waals surface area contributed by atoms with Crippen LogP contribution in [-0.2, 0) is 0 Å². The average molecular weight is 220 g/mol. The second-order valence-electron chi connectivity index (χ2n) is 3.10. The number of rotatable bonds is 2. The van der Waals surface area contributed by atoms with Crippen LogP contribution in [0.5, 0.6) is 11.5 Å². The first kappa shape index (κ1) is 9.87. The molecular formula is C12H10ClNO. The first-order valence-corrected chi connectivity index (χ1v) is 4.91. The molecule has 2 N–H and O–H groups in total. The molecule has 2 aromatic rings. The van der Waals surface area contributed by atoms with Gasteiger partial charge >= 0.3 is 0 Å². The van der Waals surface area contributed by atoms with Crippen molar-refractivity contribution in [3.05, 3.63) is 53.6 Å². The van der Waals surface area contributed by atoms with Crippen LogP contribution in [0.2, 0.25) is 5.02 Å². The zero-order valence-corrected chi connectivity index (χ0v) is 8.74. The van der Waals surface area contributed by atoms with E-state index in [9.17, 15) is 0 Å². The molecule has 2 aromatic carbocycles. The topological polar surface area (TPSA) is 35.2 Å². The fourth-order valence-corrected chi connectivity index (χ4v) is 1.37. The first-order chi connectivity index (χ1) is 7.25. The van der Waals surface area contributed by atoms with Crippen LogP contribution in [0.3, 0.4) is 0 Å². The summed E-state index contributed by atoms with van der Waals surface area (Å²) in [4.78, 5) is 0. The smallest absolute Gasteiger partial charge is 0.148 e. The predicted molar refractivity (Wildman–Crippen MR) is 62.4 cm³/mol. The molecule has 2 nitrogen and oxygen atoms in total. The highest BCUT2D eigenvalue weighted by Crippen LogP contribution is 2.30. The number of anilines is 1. The lowest BCUT2D eigenvalue weighted by Crippen LogP contribution is -1.88. The summed E-state index contributed by atoms with van der Waals surface area (Å²) < 4.78 is 5.58. The SMILES string of the molecule is Nc1ccc(Cl)c(Oc2ccccc2)c1. The van der Waals surface area contributed by atoms with Crippen molar-refractivity contribution in [2.45, 2.75) is 0 Å². The summed E-state index contributed by atoms with van der Waals surface area (Å²) >= 11 is 5.97. The molecule has 0 atom stereocenters. The van der Waals surface area contributed by atoms with Gasteiger partial charge in [0.15, 0.2) is 0 Å². The molecule has 15 heavy (non-hydrogen) atoms. The minimum Gasteiger partial charge on any atom is -0.456 e. The van der Waals surface area contributed by atoms with E-state index < -0.39 is 0 Å². The number of halogens is 1. The molecule has 0 saturated heterocycles. The normalized spacial score (nSPS) is 9.93. The van der Waals surface area contributed by atoms with Crippen LogP contribution < -0.4 is 10.5 Å². The lowest BCUT2D eigenvalue weighted by atomic mass is 10.3. The second kappa shape index (κ2) is 4.24. The van der Waals surface area contributed by atoms with Gasteiger partial charge in [0.2, 0.25) is 0 Å². The van der Waals surface area contributed by atoms with E-state index in [1.165, 1.54) is 0 Å². The Morgan fingerprint density at radius 3 is 2.47 bits per heavy atom. The fraction of sp³-hybridized carbons (Fsp3) is 0. The van der Waals surface area contributed by atoms with E-state index in [1.54, 1.807) is 18.2 Å². The van der Waals surface area contributed by atoms with Crippen molar-refractivity contribution in [3.63, 3.8) is 0 Å². The second-order valence-corrected chi connectivity index (χ2v) is 3.51. The van der Waals surface area contributed by atoms with Crippen LogP contribution in [0.25, 0.3) is 0 Å². The average Bonchev–Trinajstić information content (AvgIpc) is 2.25. The van der Waals surface area contributed by atoms with Crippen molar-refractivity contribution in [2.24, 2.45) is 0 Å². The Bertz CT molecular complexity index is 456. The van der Waals surface area contributed by atoms with Gasteiger partial charge in [-0.2, -0.15) is 0 Å². The highest BCUT2D eigenvalue weighted by atomic mass is 35.5. The van der Waals surface area contributed by atoms with Gasteiger partial charge in [-0.3, -0.25) is 0 Å². The molecule has 0 amide bonds. The van der Waals surface area contributed by atoms with E-state index in [-0.39, 0.29) is 0 Å². The lowest BCUT2D eigenvalue weighted by Gasteiger charge is -2.07. The summed E-state index contributed by atoms with van der Waals surface area (Å²) in [5.74, 6) is 1.31. The summed E-state index contributed by atoms with van der Waals surface area (Å²) in [6.07, 6.45) is 0. The van der Waals surface area contributed by atoms with Crippen molar-refractivity contribution < 1.29 is 4.74 Å². The van der Waals surface area contributed by atoms with Crippen LogP contribution in [0.1, 0.15) is 0 Å². The number of hydrogen-bond donors (Lipinski definition) is 1. The van der Waals surface area contributed by atoms with Gasteiger partial charge in [-0.15, -0.1) is 0 Å². The minimum atomic E-state index is 0.549. The highest BCUT2D eigenvalue weighted by Gasteiger charge is 2.02. The summed E-state index contributed by atoms with van der Waals surface area (Å²) in [5, 5.41) is 0.549. The molecule has 76 valence electrons. The van der Waals surface area contributed by atoms with Gasteiger partial charge in [-0.1, -0.05) is 29.8 Å². The summed E-state index contributed by atoms with van der Waals surface area (Å²) in [7, 11) is 0. The van der Waals surface area contributed by atoms with E-state index in [1.807, 2.05) is 30.3 Å². The largest absolute Gasteiger partial charge is 0.456 e. The van der Waals surface area contributed by atoms with Crippen molar-refractivity contribution in [2.75, 3.05) is 5.73 Å². The van der Waals surface area contributed by atoms with Gasteiger partial charge < -0.3 is 10.5 Å². The van der Waals surface area contributed by atoms with E-state index in [2.05, 4.69) is 0 Å². The molecule has 0 bridgehead atoms. The van der Waals surface area contributed by atoms with Crippen LogP contribution in [0.4, 0.5) is 5.69 Å². The summed E-state index contributed by atoms with van der Waals surface area (Å²) in [6, 6.07) is 14.6. The van der Waals surface area contributed by atoms with Gasteiger partial charge in [0.05, 0.1) is 5.02 Å². The Labute approximate surface area is 93.2 Å². The molecule has 0 unspecified atom stereocenters. The molecule has 0 aromatic heterocycles. The lowest BCUT2D eigenvalue weighted by molar-refractivity contribution is 0.483. The monoisotopic (exact) mass is 219 g/mol. The summed E-state index contributed by atoms with van der Waals surface area (Å²) in [6.45, 7) is 0. The molecule has 0 aliphatic rings. The molecule has 2 rings (SSSR count). The molecule has 0 heterocycles. The molecule has 0 spiro atoms. The number of nitrogen functional groups attached to an aromatic ring is 1. The maximum atomic E-state index is 5.97. The van der Waals surface area contributed by atoms with Crippen molar-refractivity contribution in [1.82, 2.24) is 0 Å². The predicted octanol–water partition coefficient (Wildman–Crippen LogP) is 3.71. The third kappa shape index (κ3) is 2.42. The molecule has 0 saturated carbocycles. The van der Waals surface area contributed by atoms with Gasteiger partial charge in [0, 0.05) is 11.8 Å². The Morgan fingerprint density at radius 2 is 1.73 bits per heavy atom. The molecule has 0 aliphatic carbocycles. The van der Waals surface area contributed by atoms with Crippen LogP contribution in [0, 0.1) is 0 Å². The maximum Gasteiger partial charge on any atom is 0.148 e.